The van der Waals surface area contributed by atoms with E-state index in [1.807, 2.05) is 27.7 Å². The molecular weight excluding hydrogens is 889 g/mol. The Balaban J connectivity index is -0.0000000808. The van der Waals surface area contributed by atoms with Gasteiger partial charge in [-0.1, -0.05) is 172 Å². The molecule has 0 aliphatic carbocycles. The van der Waals surface area contributed by atoms with Crippen LogP contribution in [-0.4, -0.2) is 67.9 Å². The number of rotatable bonds is 19. The van der Waals surface area contributed by atoms with E-state index in [9.17, 15) is 31.1 Å². The molecule has 2 aromatic carbocycles. The standard InChI is InChI=1S/C16H32F3NO3Si.2C10H14.C8H15F3O2Si.8CH4/c1-11(2)20-15(21)13(4)9-8-12(3)10-24(7,22-6)23-14(5)16(17,18)19;2*1-3-4-10-7-5-9(2)6-8-10;1-5-6-14(4,12-3)13-7(2)8(9,10)11;;;;;;;;/h11-14H,8-10H2,1-7H3,(H,20,21);2*5-8H,3-4H2,1-2H3;5,7H,1,6H2,2-4H3;8*1H4. The van der Waals surface area contributed by atoms with E-state index in [1.54, 1.807) is 13.1 Å². The molecule has 0 radical (unpaired) electrons. The summed E-state index contributed by atoms with van der Waals surface area (Å²) in [5.41, 5.74) is 5.60. The summed E-state index contributed by atoms with van der Waals surface area (Å²) < 4.78 is 95.1. The lowest BCUT2D eigenvalue weighted by Gasteiger charge is -2.32. The second kappa shape index (κ2) is 43.8. The fourth-order valence-corrected chi connectivity index (χ4v) is 9.89. The predicted octanol–water partition coefficient (Wildman–Crippen LogP) is 18.1. The number of halogens is 6. The van der Waals surface area contributed by atoms with Gasteiger partial charge in [-0.05, 0) is 97.0 Å². The van der Waals surface area contributed by atoms with Crippen molar-refractivity contribution in [3.63, 3.8) is 0 Å². The number of nitrogens with one attached hydrogen (secondary N) is 1. The van der Waals surface area contributed by atoms with Crippen LogP contribution in [0.3, 0.4) is 0 Å². The lowest BCUT2D eigenvalue weighted by Crippen LogP contribution is -2.46. The summed E-state index contributed by atoms with van der Waals surface area (Å²) in [6.45, 7) is 25.0. The van der Waals surface area contributed by atoms with Gasteiger partial charge in [0.1, 0.15) is 12.2 Å². The van der Waals surface area contributed by atoms with E-state index in [4.69, 9.17) is 17.7 Å². The molecule has 14 heteroatoms. The smallest absolute Gasteiger partial charge is 0.398 e. The van der Waals surface area contributed by atoms with Crippen LogP contribution in [-0.2, 0) is 35.3 Å². The Labute approximate surface area is 408 Å². The number of alkyl halides is 6. The van der Waals surface area contributed by atoms with E-state index < -0.39 is 41.7 Å². The van der Waals surface area contributed by atoms with Gasteiger partial charge in [-0.3, -0.25) is 4.79 Å². The largest absolute Gasteiger partial charge is 0.413 e. The number of allylic oxidation sites excluding steroid dienone is 1. The van der Waals surface area contributed by atoms with Crippen molar-refractivity contribution >= 4 is 23.0 Å². The summed E-state index contributed by atoms with van der Waals surface area (Å²) in [5, 5.41) is 2.86. The van der Waals surface area contributed by atoms with Crippen molar-refractivity contribution in [2.24, 2.45) is 11.8 Å². The van der Waals surface area contributed by atoms with Gasteiger partial charge in [0.05, 0.1) is 0 Å². The minimum atomic E-state index is -4.39. The number of aryl methyl sites for hydroxylation is 4. The first kappa shape index (κ1) is 86.7. The highest BCUT2D eigenvalue weighted by molar-refractivity contribution is 6.66. The summed E-state index contributed by atoms with van der Waals surface area (Å²) in [7, 11) is -2.88. The lowest BCUT2D eigenvalue weighted by molar-refractivity contribution is -0.195. The molecule has 400 valence electrons. The molecular formula is C52H107F6NO5Si2. The molecule has 0 saturated carbocycles. The molecule has 1 N–H and O–H groups in total. The van der Waals surface area contributed by atoms with Gasteiger partial charge < -0.3 is 23.0 Å². The number of hydrogen-bond acceptors (Lipinski definition) is 5. The van der Waals surface area contributed by atoms with Crippen molar-refractivity contribution < 1.29 is 48.8 Å². The highest BCUT2D eigenvalue weighted by atomic mass is 28.4. The quantitative estimate of drug-likeness (QED) is 0.0863. The summed E-state index contributed by atoms with van der Waals surface area (Å²) in [5.74, 6) is 0.00239. The van der Waals surface area contributed by atoms with Crippen LogP contribution in [0.25, 0.3) is 0 Å². The molecule has 0 aromatic heterocycles. The van der Waals surface area contributed by atoms with Crippen LogP contribution in [0.5, 0.6) is 0 Å². The lowest BCUT2D eigenvalue weighted by atomic mass is 9.98. The molecule has 0 saturated heterocycles. The van der Waals surface area contributed by atoms with E-state index in [2.05, 4.69) is 88.1 Å². The second-order valence-electron chi connectivity index (χ2n) is 15.7. The maximum absolute atomic E-state index is 12.7. The Morgan fingerprint density at radius 3 is 1.24 bits per heavy atom. The monoisotopic (exact) mass is 996 g/mol. The summed E-state index contributed by atoms with van der Waals surface area (Å²) >= 11 is 0. The Hall–Kier alpha value is -2.50. The Kier molecular flexibility index (Phi) is 57.5. The molecule has 1 amide bonds. The van der Waals surface area contributed by atoms with Gasteiger partial charge >= 0.3 is 29.5 Å². The van der Waals surface area contributed by atoms with E-state index in [0.717, 1.165) is 20.3 Å². The number of benzene rings is 2. The summed E-state index contributed by atoms with van der Waals surface area (Å²) in [6.07, 6.45) is -4.53. The van der Waals surface area contributed by atoms with Crippen molar-refractivity contribution in [3.8, 4) is 0 Å². The van der Waals surface area contributed by atoms with Crippen LogP contribution >= 0.6 is 0 Å². The normalized spacial score (nSPS) is 13.8. The average Bonchev–Trinajstić information content (AvgIpc) is 3.12. The minimum Gasteiger partial charge on any atom is -0.398 e. The third-order valence-electron chi connectivity index (χ3n) is 9.16. The number of hydrogen-bond donors (Lipinski definition) is 1. The third-order valence-corrected chi connectivity index (χ3v) is 15.1. The number of carbonyl (C=O) groups excluding carboxylic acids is 1. The SMILES string of the molecule is C.C.C.C.C.C.C.C.C=CC[Si](C)(OC)OC(C)C(F)(F)F.CCCc1ccc(C)cc1.CCCc1ccc(C)cc1.CO[Si](C)(CC(C)CCC(C)C(=O)NC(C)C)OC(C)C(F)(F)F. The van der Waals surface area contributed by atoms with Gasteiger partial charge in [0, 0.05) is 32.2 Å². The highest BCUT2D eigenvalue weighted by Gasteiger charge is 2.44. The number of carbonyl (C=O) groups is 1. The molecule has 2 aromatic rings. The first-order valence-corrected chi connectivity index (χ1v) is 25.4. The van der Waals surface area contributed by atoms with Crippen LogP contribution in [0.2, 0.25) is 25.2 Å². The van der Waals surface area contributed by atoms with Gasteiger partial charge in [-0.2, -0.15) is 26.3 Å². The zero-order valence-electron chi connectivity index (χ0n) is 37.8. The van der Waals surface area contributed by atoms with Crippen molar-refractivity contribution in [2.45, 2.75) is 223 Å². The molecule has 6 nitrogen and oxygen atoms in total. The first-order chi connectivity index (χ1) is 26.7. The molecule has 0 bridgehead atoms. The maximum atomic E-state index is 12.7. The molecule has 2 rings (SSSR count). The van der Waals surface area contributed by atoms with Gasteiger partial charge in [-0.15, -0.1) is 6.58 Å². The van der Waals surface area contributed by atoms with Crippen LogP contribution in [0.1, 0.15) is 163 Å². The summed E-state index contributed by atoms with van der Waals surface area (Å²) in [4.78, 5) is 11.9. The predicted molar refractivity (Wildman–Crippen MR) is 285 cm³/mol. The fourth-order valence-electron chi connectivity index (χ4n) is 5.42. The summed E-state index contributed by atoms with van der Waals surface area (Å²) in [6, 6.07) is 18.4. The second-order valence-corrected chi connectivity index (χ2v) is 22.3. The first-order valence-electron chi connectivity index (χ1n) is 20.3. The Morgan fingerprint density at radius 2 is 0.970 bits per heavy atom. The molecule has 0 heterocycles. The van der Waals surface area contributed by atoms with Crippen molar-refractivity contribution in [3.05, 3.63) is 83.4 Å². The molecule has 0 spiro atoms. The average molecular weight is 997 g/mol. The molecule has 0 fully saturated rings. The van der Waals surface area contributed by atoms with Crippen molar-refractivity contribution in [1.29, 1.82) is 0 Å². The van der Waals surface area contributed by atoms with E-state index >= 15 is 0 Å². The van der Waals surface area contributed by atoms with Crippen LogP contribution in [0.15, 0.2) is 61.2 Å². The van der Waals surface area contributed by atoms with Crippen molar-refractivity contribution in [1.82, 2.24) is 5.32 Å². The zero-order valence-corrected chi connectivity index (χ0v) is 39.8. The highest BCUT2D eigenvalue weighted by Crippen LogP contribution is 2.30. The minimum absolute atomic E-state index is 0. The maximum Gasteiger partial charge on any atom is 0.413 e. The van der Waals surface area contributed by atoms with Gasteiger partial charge in [0.2, 0.25) is 5.91 Å². The van der Waals surface area contributed by atoms with E-state index in [0.29, 0.717) is 18.5 Å². The number of amides is 1. The van der Waals surface area contributed by atoms with Gasteiger partial charge in [-0.25, -0.2) is 0 Å². The van der Waals surface area contributed by atoms with Crippen LogP contribution < -0.4 is 5.32 Å². The fraction of sp³-hybridized carbons (Fsp3) is 0.712. The molecule has 0 aliphatic heterocycles. The molecule has 66 heavy (non-hydrogen) atoms. The van der Waals surface area contributed by atoms with E-state index in [1.165, 1.54) is 68.2 Å². The molecule has 0 aliphatic rings. The van der Waals surface area contributed by atoms with Crippen LogP contribution in [0, 0.1) is 25.7 Å². The van der Waals surface area contributed by atoms with E-state index in [-0.39, 0.29) is 83.2 Å². The molecule has 6 atom stereocenters. The van der Waals surface area contributed by atoms with Crippen LogP contribution in [0.4, 0.5) is 26.3 Å². The molecule has 6 unspecified atom stereocenters. The third kappa shape index (κ3) is 41.7. The Morgan fingerprint density at radius 1 is 0.636 bits per heavy atom. The van der Waals surface area contributed by atoms with Gasteiger partial charge in [0.25, 0.3) is 0 Å². The zero-order chi connectivity index (χ0) is 45.3. The van der Waals surface area contributed by atoms with Crippen molar-refractivity contribution in [2.75, 3.05) is 14.2 Å². The topological polar surface area (TPSA) is 66.0 Å². The Bertz CT molecular complexity index is 1330. The van der Waals surface area contributed by atoms with Gasteiger partial charge in [0.15, 0.2) is 0 Å².